The van der Waals surface area contributed by atoms with E-state index in [9.17, 15) is 14.7 Å². The number of hydrogen-bond acceptors (Lipinski definition) is 4. The summed E-state index contributed by atoms with van der Waals surface area (Å²) < 4.78 is 0. The van der Waals surface area contributed by atoms with Crippen molar-refractivity contribution >= 4 is 46.9 Å². The van der Waals surface area contributed by atoms with Gasteiger partial charge < -0.3 is 15.7 Å². The molecule has 3 aromatic rings. The lowest BCUT2D eigenvalue weighted by atomic mass is 9.86. The van der Waals surface area contributed by atoms with Crippen molar-refractivity contribution in [3.05, 3.63) is 111 Å². The molecule has 2 atom stereocenters. The van der Waals surface area contributed by atoms with Crippen LogP contribution in [-0.2, 0) is 16.6 Å². The predicted molar refractivity (Wildman–Crippen MR) is 153 cm³/mol. The Hall–Kier alpha value is -3.61. The molecule has 0 aromatic heterocycles. The number of aliphatic carboxylic acids is 1. The number of hydrogen-bond donors (Lipinski definition) is 3. The molecule has 0 spiro atoms. The molecule has 1 unspecified atom stereocenters. The number of rotatable bonds is 7. The standard InChI is InChI=1S/C30H29Cl2N3O3/c1-30(2,3)23-11-8-20(9-12-23)28(36)35-26(29(37)38)14-18-4-6-19(7-5-18)27-33-16-22(17-34-27)21-10-13-24(31)25(32)15-21/h4-13,15-17,26-27,33H,14H2,1-3H3,(H,35,36)(H,37,38)/t26-,27?/m0/s1. The van der Waals surface area contributed by atoms with Crippen LogP contribution in [0.1, 0.15) is 59.5 Å². The minimum atomic E-state index is -1.09. The number of carboxylic acid groups (broad SMARTS) is 1. The quantitative estimate of drug-likeness (QED) is 0.316. The van der Waals surface area contributed by atoms with Crippen molar-refractivity contribution in [3.63, 3.8) is 0 Å². The molecule has 196 valence electrons. The number of allylic oxidation sites excluding steroid dienone is 1. The van der Waals surface area contributed by atoms with Gasteiger partial charge >= 0.3 is 5.97 Å². The number of halogens is 2. The zero-order valence-corrected chi connectivity index (χ0v) is 22.8. The van der Waals surface area contributed by atoms with Crippen LogP contribution in [0.15, 0.2) is 77.9 Å². The molecule has 4 rings (SSSR count). The third-order valence-corrected chi connectivity index (χ3v) is 7.10. The molecule has 6 nitrogen and oxygen atoms in total. The highest BCUT2D eigenvalue weighted by Crippen LogP contribution is 2.28. The Morgan fingerprint density at radius 3 is 2.24 bits per heavy atom. The van der Waals surface area contributed by atoms with Crippen LogP contribution in [-0.4, -0.2) is 29.2 Å². The van der Waals surface area contributed by atoms with Crippen molar-refractivity contribution in [1.82, 2.24) is 10.6 Å². The summed E-state index contributed by atoms with van der Waals surface area (Å²) in [5, 5.41) is 16.6. The molecule has 0 aliphatic carbocycles. The number of carboxylic acids is 1. The first-order chi connectivity index (χ1) is 18.0. The SMILES string of the molecule is CC(C)(C)c1ccc(C(=O)N[C@@H](Cc2ccc(C3N=CC(c4ccc(Cl)c(Cl)c4)=CN3)cc2)C(=O)O)cc1. The Bertz CT molecular complexity index is 1390. The van der Waals surface area contributed by atoms with Crippen LogP contribution in [0.25, 0.3) is 5.57 Å². The number of carbonyl (C=O) groups excluding carboxylic acids is 1. The fourth-order valence-electron chi connectivity index (χ4n) is 4.05. The molecular formula is C30H29Cl2N3O3. The number of amides is 1. The summed E-state index contributed by atoms with van der Waals surface area (Å²) in [5.74, 6) is -1.51. The first kappa shape index (κ1) is 27.4. The lowest BCUT2D eigenvalue weighted by Crippen LogP contribution is -2.42. The van der Waals surface area contributed by atoms with Crippen LogP contribution in [0.3, 0.4) is 0 Å². The third kappa shape index (κ3) is 6.63. The maximum Gasteiger partial charge on any atom is 0.326 e. The first-order valence-electron chi connectivity index (χ1n) is 12.2. The second kappa shape index (κ2) is 11.4. The molecule has 0 bridgehead atoms. The highest BCUT2D eigenvalue weighted by atomic mass is 35.5. The first-order valence-corrected chi connectivity index (χ1v) is 12.9. The maximum atomic E-state index is 12.7. The molecule has 1 heterocycles. The minimum absolute atomic E-state index is 0.0349. The van der Waals surface area contributed by atoms with Crippen molar-refractivity contribution < 1.29 is 14.7 Å². The van der Waals surface area contributed by atoms with Crippen LogP contribution < -0.4 is 10.6 Å². The van der Waals surface area contributed by atoms with Crippen molar-refractivity contribution in [2.24, 2.45) is 4.99 Å². The van der Waals surface area contributed by atoms with Gasteiger partial charge in [0.25, 0.3) is 5.91 Å². The summed E-state index contributed by atoms with van der Waals surface area (Å²) in [6, 6.07) is 19.1. The highest BCUT2D eigenvalue weighted by molar-refractivity contribution is 6.42. The summed E-state index contributed by atoms with van der Waals surface area (Å²) >= 11 is 12.1. The fourth-order valence-corrected chi connectivity index (χ4v) is 4.35. The predicted octanol–water partition coefficient (Wildman–Crippen LogP) is 6.43. The number of carbonyl (C=O) groups is 2. The second-order valence-electron chi connectivity index (χ2n) is 10.2. The molecule has 1 aliphatic heterocycles. The average molecular weight is 550 g/mol. The summed E-state index contributed by atoms with van der Waals surface area (Å²) in [4.78, 5) is 29.2. The molecule has 0 saturated carbocycles. The Labute approximate surface area is 232 Å². The second-order valence-corrected chi connectivity index (χ2v) is 11.0. The topological polar surface area (TPSA) is 90.8 Å². The van der Waals surface area contributed by atoms with E-state index in [0.717, 1.165) is 27.8 Å². The molecule has 1 amide bonds. The van der Waals surface area contributed by atoms with Gasteiger partial charge in [-0.1, -0.05) is 86.4 Å². The maximum absolute atomic E-state index is 12.7. The van der Waals surface area contributed by atoms with E-state index in [0.29, 0.717) is 15.6 Å². The average Bonchev–Trinajstić information content (AvgIpc) is 2.90. The summed E-state index contributed by atoms with van der Waals surface area (Å²) in [6.45, 7) is 6.28. The molecular weight excluding hydrogens is 521 g/mol. The molecule has 3 aromatic carbocycles. The summed E-state index contributed by atoms with van der Waals surface area (Å²) in [6.07, 6.45) is 3.53. The lowest BCUT2D eigenvalue weighted by molar-refractivity contribution is -0.139. The zero-order valence-electron chi connectivity index (χ0n) is 21.3. The van der Waals surface area contributed by atoms with Gasteiger partial charge in [-0.05, 0) is 51.9 Å². The molecule has 1 aliphatic rings. The molecule has 0 radical (unpaired) electrons. The van der Waals surface area contributed by atoms with E-state index in [2.05, 4.69) is 36.4 Å². The van der Waals surface area contributed by atoms with Gasteiger partial charge in [0.1, 0.15) is 12.2 Å². The summed E-state index contributed by atoms with van der Waals surface area (Å²) in [7, 11) is 0. The molecule has 0 fully saturated rings. The van der Waals surface area contributed by atoms with Crippen LogP contribution in [0.4, 0.5) is 0 Å². The van der Waals surface area contributed by atoms with Crippen LogP contribution in [0.2, 0.25) is 10.0 Å². The third-order valence-electron chi connectivity index (χ3n) is 6.36. The molecule has 38 heavy (non-hydrogen) atoms. The number of nitrogens with one attached hydrogen (secondary N) is 2. The van der Waals surface area contributed by atoms with Crippen LogP contribution >= 0.6 is 23.2 Å². The van der Waals surface area contributed by atoms with Gasteiger partial charge in [-0.15, -0.1) is 0 Å². The lowest BCUT2D eigenvalue weighted by Gasteiger charge is -2.20. The Kier molecular flexibility index (Phi) is 8.24. The van der Waals surface area contributed by atoms with E-state index in [1.54, 1.807) is 30.5 Å². The van der Waals surface area contributed by atoms with Gasteiger partial charge in [-0.3, -0.25) is 9.79 Å². The molecule has 8 heteroatoms. The number of benzene rings is 3. The smallest absolute Gasteiger partial charge is 0.326 e. The van der Waals surface area contributed by atoms with Crippen molar-refractivity contribution in [2.45, 2.75) is 44.8 Å². The summed E-state index contributed by atoms with van der Waals surface area (Å²) in [5.41, 5.74) is 4.98. The van der Waals surface area contributed by atoms with Gasteiger partial charge in [0, 0.05) is 30.0 Å². The highest BCUT2D eigenvalue weighted by Gasteiger charge is 2.22. The van der Waals surface area contributed by atoms with Crippen molar-refractivity contribution in [1.29, 1.82) is 0 Å². The Morgan fingerprint density at radius 2 is 1.68 bits per heavy atom. The van der Waals surface area contributed by atoms with E-state index in [4.69, 9.17) is 23.2 Å². The monoisotopic (exact) mass is 549 g/mol. The van der Waals surface area contributed by atoms with Gasteiger partial charge in [-0.2, -0.15) is 0 Å². The van der Waals surface area contributed by atoms with Crippen molar-refractivity contribution in [3.8, 4) is 0 Å². The molecule has 3 N–H and O–H groups in total. The van der Waals surface area contributed by atoms with Gasteiger partial charge in [0.15, 0.2) is 0 Å². The normalized spacial score (nSPS) is 15.8. The number of nitrogens with zero attached hydrogens (tertiary/aromatic N) is 1. The van der Waals surface area contributed by atoms with E-state index < -0.39 is 17.9 Å². The van der Waals surface area contributed by atoms with E-state index in [1.165, 1.54) is 0 Å². The van der Waals surface area contributed by atoms with Gasteiger partial charge in [-0.25, -0.2) is 4.79 Å². The Balaban J connectivity index is 1.38. The minimum Gasteiger partial charge on any atom is -0.480 e. The molecule has 0 saturated heterocycles. The Morgan fingerprint density at radius 1 is 1.00 bits per heavy atom. The largest absolute Gasteiger partial charge is 0.480 e. The van der Waals surface area contributed by atoms with Crippen LogP contribution in [0.5, 0.6) is 0 Å². The zero-order chi connectivity index (χ0) is 27.4. The fraction of sp³-hybridized carbons (Fsp3) is 0.233. The van der Waals surface area contributed by atoms with E-state index in [-0.39, 0.29) is 18.0 Å². The van der Waals surface area contributed by atoms with Gasteiger partial charge in [0.2, 0.25) is 0 Å². The number of aliphatic imine (C=N–C) groups is 1. The van der Waals surface area contributed by atoms with Gasteiger partial charge in [0.05, 0.1) is 10.0 Å². The van der Waals surface area contributed by atoms with E-state index >= 15 is 0 Å². The van der Waals surface area contributed by atoms with E-state index in [1.807, 2.05) is 48.7 Å². The van der Waals surface area contributed by atoms with Crippen LogP contribution in [0, 0.1) is 0 Å². The van der Waals surface area contributed by atoms with Crippen molar-refractivity contribution in [2.75, 3.05) is 0 Å².